The Kier molecular flexibility index (Phi) is 4.20. The summed E-state index contributed by atoms with van der Waals surface area (Å²) in [5.74, 6) is 0.838. The van der Waals surface area contributed by atoms with Crippen molar-refractivity contribution in [2.45, 2.75) is 19.9 Å². The molecule has 0 atom stereocenters. The molecule has 2 rings (SSSR count). The van der Waals surface area contributed by atoms with Gasteiger partial charge in [-0.1, -0.05) is 36.9 Å². The van der Waals surface area contributed by atoms with E-state index in [-0.39, 0.29) is 5.78 Å². The molecule has 4 heteroatoms. The number of rotatable bonds is 5. The molecular formula is C14H15N2OS. The van der Waals surface area contributed by atoms with Crippen LogP contribution in [-0.4, -0.2) is 21.3 Å². The molecule has 2 aromatic rings. The second kappa shape index (κ2) is 5.87. The Bertz CT molecular complexity index is 531. The monoisotopic (exact) mass is 259 g/mol. The minimum atomic E-state index is 0.0858. The average molecular weight is 259 g/mol. The highest BCUT2D eigenvalue weighted by Gasteiger charge is 2.03. The van der Waals surface area contributed by atoms with Gasteiger partial charge < -0.3 is 0 Å². The Hall–Kier alpha value is -1.55. The summed E-state index contributed by atoms with van der Waals surface area (Å²) < 4.78 is 1.90. The smallest absolute Gasteiger partial charge is 0.159 e. The van der Waals surface area contributed by atoms with Crippen LogP contribution in [-0.2, 0) is 6.54 Å². The maximum absolute atomic E-state index is 11.2. The Morgan fingerprint density at radius 1 is 1.28 bits per heavy atom. The second-order valence-corrected chi connectivity index (χ2v) is 4.59. The predicted octanol–water partition coefficient (Wildman–Crippen LogP) is 3.34. The molecule has 0 unspecified atom stereocenters. The fourth-order valence-corrected chi connectivity index (χ4v) is 1.89. The van der Waals surface area contributed by atoms with Gasteiger partial charge in [-0.25, -0.2) is 0 Å². The fraction of sp³-hybridized carbons (Fsp3) is 0.286. The molecule has 0 aliphatic carbocycles. The van der Waals surface area contributed by atoms with Gasteiger partial charge in [0.25, 0.3) is 0 Å². The van der Waals surface area contributed by atoms with Crippen LogP contribution in [0.5, 0.6) is 0 Å². The number of benzene rings is 1. The number of hydrogen-bond acceptors (Lipinski definition) is 2. The molecule has 18 heavy (non-hydrogen) atoms. The summed E-state index contributed by atoms with van der Waals surface area (Å²) in [5, 5.41) is 4.29. The van der Waals surface area contributed by atoms with Gasteiger partial charge in [0.1, 0.15) is 0 Å². The molecule has 0 N–H and O–H groups in total. The maximum atomic E-state index is 11.2. The number of hydrogen-bond donors (Lipinski definition) is 0. The highest BCUT2D eigenvalue weighted by molar-refractivity contribution is 7.80. The van der Waals surface area contributed by atoms with E-state index >= 15 is 0 Å². The molecule has 1 aromatic carbocycles. The minimum Gasteiger partial charge on any atom is -0.295 e. The molecule has 0 saturated heterocycles. The molecule has 0 saturated carbocycles. The van der Waals surface area contributed by atoms with E-state index in [1.54, 1.807) is 6.92 Å². The first kappa shape index (κ1) is 12.9. The van der Waals surface area contributed by atoms with Gasteiger partial charge in [0, 0.05) is 29.6 Å². The van der Waals surface area contributed by atoms with E-state index in [1.165, 1.54) is 0 Å². The third kappa shape index (κ3) is 3.01. The Balaban J connectivity index is 2.15. The summed E-state index contributed by atoms with van der Waals surface area (Å²) in [5.41, 5.74) is 2.87. The Morgan fingerprint density at radius 2 is 2.00 bits per heavy atom. The van der Waals surface area contributed by atoms with Crippen molar-refractivity contribution in [3.05, 3.63) is 42.2 Å². The van der Waals surface area contributed by atoms with Crippen molar-refractivity contribution in [3.63, 3.8) is 0 Å². The topological polar surface area (TPSA) is 34.9 Å². The zero-order valence-corrected chi connectivity index (χ0v) is 11.1. The minimum absolute atomic E-state index is 0.0858. The van der Waals surface area contributed by atoms with E-state index < -0.39 is 0 Å². The highest BCUT2D eigenvalue weighted by atomic mass is 32.1. The van der Waals surface area contributed by atoms with Crippen molar-refractivity contribution in [1.82, 2.24) is 9.78 Å². The third-order valence-corrected chi connectivity index (χ3v) is 3.08. The number of aromatic nitrogens is 2. The summed E-state index contributed by atoms with van der Waals surface area (Å²) in [7, 11) is 0. The molecule has 0 aliphatic heterocycles. The third-order valence-electron chi connectivity index (χ3n) is 2.79. The Labute approximate surface area is 112 Å². The van der Waals surface area contributed by atoms with Gasteiger partial charge in [0.2, 0.25) is 0 Å². The van der Waals surface area contributed by atoms with Crippen molar-refractivity contribution < 1.29 is 4.79 Å². The van der Waals surface area contributed by atoms with Gasteiger partial charge in [-0.05, 0) is 18.9 Å². The maximum Gasteiger partial charge on any atom is 0.159 e. The Morgan fingerprint density at radius 3 is 2.61 bits per heavy atom. The molecule has 0 amide bonds. The van der Waals surface area contributed by atoms with E-state index in [2.05, 4.69) is 5.10 Å². The molecule has 0 spiro atoms. The number of nitrogens with zero attached hydrogens (tertiary/aromatic N) is 2. The van der Waals surface area contributed by atoms with Crippen molar-refractivity contribution in [1.29, 1.82) is 0 Å². The highest BCUT2D eigenvalue weighted by Crippen LogP contribution is 2.19. The first-order valence-corrected chi connectivity index (χ1v) is 6.50. The van der Waals surface area contributed by atoms with E-state index in [0.717, 1.165) is 35.4 Å². The molecule has 1 radical (unpaired) electrons. The fourth-order valence-electron chi connectivity index (χ4n) is 1.76. The summed E-state index contributed by atoms with van der Waals surface area (Å²) in [6, 6.07) is 7.59. The van der Waals surface area contributed by atoms with Crippen molar-refractivity contribution >= 4 is 18.4 Å². The second-order valence-electron chi connectivity index (χ2n) is 4.18. The van der Waals surface area contributed by atoms with Crippen LogP contribution in [0.25, 0.3) is 11.1 Å². The lowest BCUT2D eigenvalue weighted by atomic mass is 10.1. The SMILES string of the molecule is CC(=O)c1ccc(-c2cnn(CCC[S])c2)cc1. The van der Waals surface area contributed by atoms with Gasteiger partial charge in [-0.2, -0.15) is 5.10 Å². The molecule has 0 fully saturated rings. The summed E-state index contributed by atoms with van der Waals surface area (Å²) in [6.07, 6.45) is 4.81. The van der Waals surface area contributed by atoms with Crippen LogP contribution in [0.4, 0.5) is 0 Å². The van der Waals surface area contributed by atoms with Gasteiger partial charge in [-0.15, -0.1) is 0 Å². The lowest BCUT2D eigenvalue weighted by molar-refractivity contribution is 0.101. The standard InChI is InChI=1S/C14H15N2OS/c1-11(17)12-3-5-13(6-4-12)14-9-15-16(10-14)7-2-8-18/h3-6,9-10H,2,7-8H2,1H3. The van der Waals surface area contributed by atoms with E-state index in [4.69, 9.17) is 12.6 Å². The number of carbonyl (C=O) groups excluding carboxylic acids is 1. The van der Waals surface area contributed by atoms with Crippen LogP contribution in [0.2, 0.25) is 0 Å². The predicted molar refractivity (Wildman–Crippen MR) is 74.7 cm³/mol. The van der Waals surface area contributed by atoms with Crippen molar-refractivity contribution in [2.75, 3.05) is 5.75 Å². The normalized spacial score (nSPS) is 10.6. The molecule has 3 nitrogen and oxygen atoms in total. The number of ketones is 1. The molecule has 0 aliphatic rings. The summed E-state index contributed by atoms with van der Waals surface area (Å²) >= 11 is 4.92. The zero-order valence-electron chi connectivity index (χ0n) is 10.3. The molecule has 0 bridgehead atoms. The number of Topliss-reactive ketones (excluding diaryl/α,β-unsaturated/α-hetero) is 1. The van der Waals surface area contributed by atoms with Crippen LogP contribution >= 0.6 is 12.6 Å². The van der Waals surface area contributed by atoms with Crippen LogP contribution in [0.15, 0.2) is 36.7 Å². The van der Waals surface area contributed by atoms with Crippen LogP contribution in [0.1, 0.15) is 23.7 Å². The quantitative estimate of drug-likeness (QED) is 0.772. The van der Waals surface area contributed by atoms with Crippen LogP contribution in [0.3, 0.4) is 0 Å². The lowest BCUT2D eigenvalue weighted by Gasteiger charge is -1.99. The van der Waals surface area contributed by atoms with E-state index in [9.17, 15) is 4.79 Å². The van der Waals surface area contributed by atoms with E-state index in [1.807, 2.05) is 41.3 Å². The molecule has 1 aromatic heterocycles. The van der Waals surface area contributed by atoms with E-state index in [0.29, 0.717) is 0 Å². The molecular weight excluding hydrogens is 244 g/mol. The van der Waals surface area contributed by atoms with Crippen LogP contribution < -0.4 is 0 Å². The van der Waals surface area contributed by atoms with Crippen molar-refractivity contribution in [3.8, 4) is 11.1 Å². The number of carbonyl (C=O) groups is 1. The largest absolute Gasteiger partial charge is 0.295 e. The lowest BCUT2D eigenvalue weighted by Crippen LogP contribution is -1.98. The zero-order chi connectivity index (χ0) is 13.0. The van der Waals surface area contributed by atoms with Gasteiger partial charge in [0.05, 0.1) is 6.20 Å². The van der Waals surface area contributed by atoms with Gasteiger partial charge in [0.15, 0.2) is 5.78 Å². The summed E-state index contributed by atoms with van der Waals surface area (Å²) in [6.45, 7) is 2.43. The average Bonchev–Trinajstić information content (AvgIpc) is 2.85. The summed E-state index contributed by atoms with van der Waals surface area (Å²) in [4.78, 5) is 11.2. The number of aryl methyl sites for hydroxylation is 1. The first-order chi connectivity index (χ1) is 8.70. The molecule has 1 heterocycles. The first-order valence-electron chi connectivity index (χ1n) is 5.92. The van der Waals surface area contributed by atoms with Crippen molar-refractivity contribution in [2.24, 2.45) is 0 Å². The van der Waals surface area contributed by atoms with Gasteiger partial charge in [-0.3, -0.25) is 9.48 Å². The molecule has 93 valence electrons. The van der Waals surface area contributed by atoms with Crippen LogP contribution in [0, 0.1) is 0 Å². The van der Waals surface area contributed by atoms with Gasteiger partial charge >= 0.3 is 0 Å².